The molecule has 2 nitrogen and oxygen atoms in total. The van der Waals surface area contributed by atoms with Crippen molar-refractivity contribution >= 4 is 0 Å². The van der Waals surface area contributed by atoms with Crippen molar-refractivity contribution in [3.8, 4) is 0 Å². The molecule has 2 atom stereocenters. The van der Waals surface area contributed by atoms with Gasteiger partial charge in [-0.3, -0.25) is 0 Å². The molecule has 0 saturated heterocycles. The highest BCUT2D eigenvalue weighted by atomic mass is 16.5. The Morgan fingerprint density at radius 1 is 1.16 bits per heavy atom. The van der Waals surface area contributed by atoms with Crippen LogP contribution < -0.4 is 0 Å². The molecular weight excluding hydrogens is 236 g/mol. The molecule has 1 aliphatic rings. The highest BCUT2D eigenvalue weighted by Crippen LogP contribution is 2.36. The summed E-state index contributed by atoms with van der Waals surface area (Å²) < 4.78 is 11.9. The van der Waals surface area contributed by atoms with E-state index in [2.05, 4.69) is 38.1 Å². The first kappa shape index (κ1) is 14.5. The van der Waals surface area contributed by atoms with E-state index >= 15 is 0 Å². The molecule has 0 amide bonds. The van der Waals surface area contributed by atoms with Crippen LogP contribution in [0.1, 0.15) is 45.1 Å². The molecule has 1 aromatic carbocycles. The van der Waals surface area contributed by atoms with E-state index in [9.17, 15) is 0 Å². The van der Waals surface area contributed by atoms with Gasteiger partial charge < -0.3 is 9.47 Å². The first-order valence-electron chi connectivity index (χ1n) is 7.56. The quantitative estimate of drug-likeness (QED) is 0.664. The van der Waals surface area contributed by atoms with Gasteiger partial charge in [0, 0.05) is 6.61 Å². The van der Waals surface area contributed by atoms with Gasteiger partial charge in [0.2, 0.25) is 0 Å². The van der Waals surface area contributed by atoms with Gasteiger partial charge in [-0.25, -0.2) is 0 Å². The Morgan fingerprint density at radius 2 is 1.89 bits per heavy atom. The molecule has 0 heterocycles. The molecule has 1 fully saturated rings. The lowest BCUT2D eigenvalue weighted by molar-refractivity contribution is -0.0246. The van der Waals surface area contributed by atoms with Crippen LogP contribution in [0.4, 0.5) is 0 Å². The number of ether oxygens (including phenoxy) is 2. The SMILES string of the molecule is CCCOC(CC(C)OCc1ccccc1)C1CC1. The average Bonchev–Trinajstić information content (AvgIpc) is 3.27. The lowest BCUT2D eigenvalue weighted by atomic mass is 10.1. The Bertz CT molecular complexity index is 346. The maximum atomic E-state index is 5.96. The van der Waals surface area contributed by atoms with Crippen molar-refractivity contribution in [3.63, 3.8) is 0 Å². The highest BCUT2D eigenvalue weighted by Gasteiger charge is 2.32. The fourth-order valence-corrected chi connectivity index (χ4v) is 2.34. The topological polar surface area (TPSA) is 18.5 Å². The monoisotopic (exact) mass is 262 g/mol. The first-order valence-corrected chi connectivity index (χ1v) is 7.56. The largest absolute Gasteiger partial charge is 0.378 e. The molecule has 2 heteroatoms. The fourth-order valence-electron chi connectivity index (χ4n) is 2.34. The summed E-state index contributed by atoms with van der Waals surface area (Å²) in [4.78, 5) is 0. The summed E-state index contributed by atoms with van der Waals surface area (Å²) >= 11 is 0. The molecule has 0 spiro atoms. The second-order valence-electron chi connectivity index (χ2n) is 5.59. The van der Waals surface area contributed by atoms with E-state index in [0.29, 0.717) is 12.7 Å². The van der Waals surface area contributed by atoms with Crippen LogP contribution in [0.2, 0.25) is 0 Å². The predicted molar refractivity (Wildman–Crippen MR) is 78.1 cm³/mol. The van der Waals surface area contributed by atoms with Gasteiger partial charge in [-0.05, 0) is 44.1 Å². The molecule has 0 radical (unpaired) electrons. The molecule has 2 unspecified atom stereocenters. The molecule has 0 aliphatic heterocycles. The van der Waals surface area contributed by atoms with E-state index in [-0.39, 0.29) is 6.10 Å². The molecule has 0 aromatic heterocycles. The van der Waals surface area contributed by atoms with E-state index in [1.165, 1.54) is 18.4 Å². The molecule has 106 valence electrons. The van der Waals surface area contributed by atoms with Crippen LogP contribution in [-0.4, -0.2) is 18.8 Å². The molecule has 1 aliphatic carbocycles. The van der Waals surface area contributed by atoms with Gasteiger partial charge in [0.1, 0.15) is 0 Å². The van der Waals surface area contributed by atoms with Gasteiger partial charge in [-0.15, -0.1) is 0 Å². The Morgan fingerprint density at radius 3 is 2.53 bits per heavy atom. The third-order valence-electron chi connectivity index (χ3n) is 3.63. The zero-order valence-electron chi connectivity index (χ0n) is 12.2. The minimum absolute atomic E-state index is 0.266. The second kappa shape index (κ2) is 7.66. The minimum atomic E-state index is 0.266. The molecule has 0 bridgehead atoms. The van der Waals surface area contributed by atoms with Crippen molar-refractivity contribution in [2.75, 3.05) is 6.61 Å². The van der Waals surface area contributed by atoms with E-state index in [0.717, 1.165) is 25.4 Å². The van der Waals surface area contributed by atoms with Crippen molar-refractivity contribution in [2.24, 2.45) is 5.92 Å². The van der Waals surface area contributed by atoms with Gasteiger partial charge in [0.25, 0.3) is 0 Å². The molecule has 1 saturated carbocycles. The van der Waals surface area contributed by atoms with Gasteiger partial charge >= 0.3 is 0 Å². The highest BCUT2D eigenvalue weighted by molar-refractivity contribution is 5.13. The fraction of sp³-hybridized carbons (Fsp3) is 0.647. The Balaban J connectivity index is 1.71. The van der Waals surface area contributed by atoms with Crippen LogP contribution in [-0.2, 0) is 16.1 Å². The molecule has 1 aromatic rings. The standard InChI is InChI=1S/C17H26O2/c1-3-11-18-17(16-9-10-16)12-14(2)19-13-15-7-5-4-6-8-15/h4-8,14,16-17H,3,9-13H2,1-2H3. The number of hydrogen-bond donors (Lipinski definition) is 0. The van der Waals surface area contributed by atoms with Crippen LogP contribution in [0.25, 0.3) is 0 Å². The average molecular weight is 262 g/mol. The van der Waals surface area contributed by atoms with Crippen molar-refractivity contribution in [3.05, 3.63) is 35.9 Å². The normalized spacial score (nSPS) is 18.2. The summed E-state index contributed by atoms with van der Waals surface area (Å²) in [6.45, 7) is 5.91. The summed E-state index contributed by atoms with van der Waals surface area (Å²) in [6.07, 6.45) is 5.47. The predicted octanol–water partition coefficient (Wildman–Crippen LogP) is 4.19. The summed E-state index contributed by atoms with van der Waals surface area (Å²) in [5.41, 5.74) is 1.24. The molecule has 0 N–H and O–H groups in total. The zero-order chi connectivity index (χ0) is 13.5. The Kier molecular flexibility index (Phi) is 5.87. The lowest BCUT2D eigenvalue weighted by Crippen LogP contribution is -2.23. The first-order chi connectivity index (χ1) is 9.29. The van der Waals surface area contributed by atoms with Crippen LogP contribution in [0.5, 0.6) is 0 Å². The Hall–Kier alpha value is -0.860. The lowest BCUT2D eigenvalue weighted by Gasteiger charge is -2.21. The third kappa shape index (κ3) is 5.33. The van der Waals surface area contributed by atoms with Crippen LogP contribution in [0, 0.1) is 5.92 Å². The van der Waals surface area contributed by atoms with E-state index in [4.69, 9.17) is 9.47 Å². The Labute approximate surface area is 117 Å². The van der Waals surface area contributed by atoms with Gasteiger partial charge in [0.05, 0.1) is 18.8 Å². The number of benzene rings is 1. The smallest absolute Gasteiger partial charge is 0.0720 e. The van der Waals surface area contributed by atoms with Gasteiger partial charge in [-0.2, -0.15) is 0 Å². The van der Waals surface area contributed by atoms with Gasteiger partial charge in [0.15, 0.2) is 0 Å². The number of rotatable bonds is 9. The maximum Gasteiger partial charge on any atom is 0.0720 e. The summed E-state index contributed by atoms with van der Waals surface area (Å²) in [5, 5.41) is 0. The second-order valence-corrected chi connectivity index (χ2v) is 5.59. The van der Waals surface area contributed by atoms with Crippen LogP contribution >= 0.6 is 0 Å². The van der Waals surface area contributed by atoms with Crippen molar-refractivity contribution in [1.29, 1.82) is 0 Å². The van der Waals surface area contributed by atoms with Crippen LogP contribution in [0.3, 0.4) is 0 Å². The molecular formula is C17H26O2. The van der Waals surface area contributed by atoms with E-state index < -0.39 is 0 Å². The number of hydrogen-bond acceptors (Lipinski definition) is 2. The van der Waals surface area contributed by atoms with Crippen molar-refractivity contribution in [1.82, 2.24) is 0 Å². The molecule has 19 heavy (non-hydrogen) atoms. The van der Waals surface area contributed by atoms with E-state index in [1.807, 2.05) is 6.07 Å². The molecule has 2 rings (SSSR count). The summed E-state index contributed by atoms with van der Waals surface area (Å²) in [5.74, 6) is 0.786. The minimum Gasteiger partial charge on any atom is -0.378 e. The van der Waals surface area contributed by atoms with Crippen molar-refractivity contribution in [2.45, 2.75) is 58.3 Å². The maximum absolute atomic E-state index is 5.96. The summed E-state index contributed by atoms with van der Waals surface area (Å²) in [7, 11) is 0. The van der Waals surface area contributed by atoms with E-state index in [1.54, 1.807) is 0 Å². The summed E-state index contributed by atoms with van der Waals surface area (Å²) in [6, 6.07) is 10.4. The van der Waals surface area contributed by atoms with Crippen molar-refractivity contribution < 1.29 is 9.47 Å². The van der Waals surface area contributed by atoms with Crippen LogP contribution in [0.15, 0.2) is 30.3 Å². The third-order valence-corrected chi connectivity index (χ3v) is 3.63. The zero-order valence-corrected chi connectivity index (χ0v) is 12.2. The van der Waals surface area contributed by atoms with Gasteiger partial charge in [-0.1, -0.05) is 37.3 Å².